The number of carbonyl (C=O) groups is 1. The number of carboxylic acid groups (broad SMARTS) is 1. The predicted octanol–water partition coefficient (Wildman–Crippen LogP) is 1.86. The fourth-order valence-corrected chi connectivity index (χ4v) is 2.42. The number of aromatic nitrogens is 2. The SMILES string of the molecule is CCC1CCN(c2ncc(C)cn2)C(C(=O)O)C1. The van der Waals surface area contributed by atoms with Crippen LogP contribution in [0.15, 0.2) is 12.4 Å². The van der Waals surface area contributed by atoms with Crippen molar-refractivity contribution in [1.82, 2.24) is 9.97 Å². The van der Waals surface area contributed by atoms with Crippen LogP contribution in [0, 0.1) is 12.8 Å². The van der Waals surface area contributed by atoms with E-state index in [1.807, 2.05) is 11.8 Å². The van der Waals surface area contributed by atoms with Gasteiger partial charge in [0.1, 0.15) is 6.04 Å². The van der Waals surface area contributed by atoms with E-state index >= 15 is 0 Å². The number of rotatable bonds is 3. The second-order valence-electron chi connectivity index (χ2n) is 4.91. The normalized spacial score (nSPS) is 24.0. The first-order valence-electron chi connectivity index (χ1n) is 6.40. The number of piperidine rings is 1. The molecule has 0 bridgehead atoms. The lowest BCUT2D eigenvalue weighted by molar-refractivity contribution is -0.139. The van der Waals surface area contributed by atoms with Crippen molar-refractivity contribution in [3.8, 4) is 0 Å². The minimum atomic E-state index is -0.780. The number of hydrogen-bond donors (Lipinski definition) is 1. The molecule has 2 atom stereocenters. The molecule has 5 heteroatoms. The number of aliphatic carboxylic acids is 1. The maximum absolute atomic E-state index is 11.4. The van der Waals surface area contributed by atoms with E-state index < -0.39 is 12.0 Å². The molecule has 1 saturated heterocycles. The number of nitrogens with zero attached hydrogens (tertiary/aromatic N) is 3. The second-order valence-corrected chi connectivity index (χ2v) is 4.91. The van der Waals surface area contributed by atoms with Crippen LogP contribution < -0.4 is 4.90 Å². The van der Waals surface area contributed by atoms with Crippen LogP contribution in [0.4, 0.5) is 5.95 Å². The maximum atomic E-state index is 11.4. The Kier molecular flexibility index (Phi) is 3.79. The third-order valence-corrected chi connectivity index (χ3v) is 3.60. The average Bonchev–Trinajstić information content (AvgIpc) is 2.39. The molecule has 0 aromatic carbocycles. The van der Waals surface area contributed by atoms with Crippen molar-refractivity contribution < 1.29 is 9.90 Å². The highest BCUT2D eigenvalue weighted by atomic mass is 16.4. The second kappa shape index (κ2) is 5.33. The summed E-state index contributed by atoms with van der Waals surface area (Å²) in [5.74, 6) is 0.243. The largest absolute Gasteiger partial charge is 0.480 e. The van der Waals surface area contributed by atoms with Gasteiger partial charge in [-0.25, -0.2) is 14.8 Å². The molecule has 1 aromatic rings. The molecule has 1 aromatic heterocycles. The quantitative estimate of drug-likeness (QED) is 0.885. The van der Waals surface area contributed by atoms with Crippen molar-refractivity contribution in [2.45, 2.75) is 39.2 Å². The molecular weight excluding hydrogens is 230 g/mol. The minimum Gasteiger partial charge on any atom is -0.480 e. The van der Waals surface area contributed by atoms with Crippen molar-refractivity contribution in [2.24, 2.45) is 5.92 Å². The van der Waals surface area contributed by atoms with Gasteiger partial charge in [0.25, 0.3) is 0 Å². The van der Waals surface area contributed by atoms with Gasteiger partial charge in [0.15, 0.2) is 0 Å². The summed E-state index contributed by atoms with van der Waals surface area (Å²) in [6.45, 7) is 4.75. The summed E-state index contributed by atoms with van der Waals surface area (Å²) < 4.78 is 0. The lowest BCUT2D eigenvalue weighted by Crippen LogP contribution is -2.48. The third-order valence-electron chi connectivity index (χ3n) is 3.60. The van der Waals surface area contributed by atoms with Crippen molar-refractivity contribution in [3.05, 3.63) is 18.0 Å². The number of aryl methyl sites for hydroxylation is 1. The number of carboxylic acids is 1. The molecule has 1 N–H and O–H groups in total. The highest BCUT2D eigenvalue weighted by Gasteiger charge is 2.34. The Morgan fingerprint density at radius 2 is 2.17 bits per heavy atom. The highest BCUT2D eigenvalue weighted by molar-refractivity contribution is 5.77. The van der Waals surface area contributed by atoms with Crippen LogP contribution in [-0.4, -0.2) is 33.6 Å². The Balaban J connectivity index is 2.20. The molecule has 98 valence electrons. The van der Waals surface area contributed by atoms with E-state index in [2.05, 4.69) is 16.9 Å². The molecule has 2 heterocycles. The van der Waals surface area contributed by atoms with E-state index in [9.17, 15) is 9.90 Å². The van der Waals surface area contributed by atoms with Crippen molar-refractivity contribution in [2.75, 3.05) is 11.4 Å². The van der Waals surface area contributed by atoms with Gasteiger partial charge in [0.05, 0.1) is 0 Å². The monoisotopic (exact) mass is 249 g/mol. The van der Waals surface area contributed by atoms with E-state index in [0.717, 1.165) is 24.9 Å². The summed E-state index contributed by atoms with van der Waals surface area (Å²) in [6, 6.07) is -0.494. The zero-order valence-electron chi connectivity index (χ0n) is 10.8. The summed E-state index contributed by atoms with van der Waals surface area (Å²) in [7, 11) is 0. The van der Waals surface area contributed by atoms with Crippen LogP contribution in [0.1, 0.15) is 31.7 Å². The summed E-state index contributed by atoms with van der Waals surface area (Å²) >= 11 is 0. The van der Waals surface area contributed by atoms with Crippen molar-refractivity contribution in [1.29, 1.82) is 0 Å². The first kappa shape index (κ1) is 12.8. The lowest BCUT2D eigenvalue weighted by atomic mass is 9.89. The summed E-state index contributed by atoms with van der Waals surface area (Å²) in [4.78, 5) is 21.7. The van der Waals surface area contributed by atoms with Crippen LogP contribution in [0.25, 0.3) is 0 Å². The molecule has 0 radical (unpaired) electrons. The zero-order valence-corrected chi connectivity index (χ0v) is 10.8. The van der Waals surface area contributed by atoms with E-state index in [0.29, 0.717) is 18.3 Å². The number of hydrogen-bond acceptors (Lipinski definition) is 4. The Labute approximate surface area is 107 Å². The average molecular weight is 249 g/mol. The van der Waals surface area contributed by atoms with Crippen LogP contribution in [0.2, 0.25) is 0 Å². The van der Waals surface area contributed by atoms with E-state index in [-0.39, 0.29) is 0 Å². The van der Waals surface area contributed by atoms with Gasteiger partial charge in [-0.2, -0.15) is 0 Å². The molecule has 0 amide bonds. The number of anilines is 1. The van der Waals surface area contributed by atoms with Crippen LogP contribution in [-0.2, 0) is 4.79 Å². The van der Waals surface area contributed by atoms with Gasteiger partial charge in [0.2, 0.25) is 5.95 Å². The Morgan fingerprint density at radius 3 is 2.72 bits per heavy atom. The molecule has 0 spiro atoms. The highest BCUT2D eigenvalue weighted by Crippen LogP contribution is 2.27. The minimum absolute atomic E-state index is 0.493. The van der Waals surface area contributed by atoms with Gasteiger partial charge in [-0.05, 0) is 31.2 Å². The van der Waals surface area contributed by atoms with E-state index in [1.165, 1.54) is 0 Å². The first-order valence-corrected chi connectivity index (χ1v) is 6.40. The molecular formula is C13H19N3O2. The van der Waals surface area contributed by atoms with Crippen molar-refractivity contribution >= 4 is 11.9 Å². The van der Waals surface area contributed by atoms with Gasteiger partial charge < -0.3 is 10.0 Å². The molecule has 1 aliphatic rings. The summed E-state index contributed by atoms with van der Waals surface area (Å²) in [6.07, 6.45) is 6.19. The molecule has 2 unspecified atom stereocenters. The molecule has 5 nitrogen and oxygen atoms in total. The maximum Gasteiger partial charge on any atom is 0.326 e. The van der Waals surface area contributed by atoms with Crippen LogP contribution in [0.5, 0.6) is 0 Å². The van der Waals surface area contributed by atoms with Crippen molar-refractivity contribution in [3.63, 3.8) is 0 Å². The van der Waals surface area contributed by atoms with Gasteiger partial charge in [0, 0.05) is 18.9 Å². The van der Waals surface area contributed by atoms with Gasteiger partial charge >= 0.3 is 5.97 Å². The van der Waals surface area contributed by atoms with E-state index in [4.69, 9.17) is 0 Å². The van der Waals surface area contributed by atoms with Gasteiger partial charge in [-0.15, -0.1) is 0 Å². The van der Waals surface area contributed by atoms with E-state index in [1.54, 1.807) is 12.4 Å². The molecule has 2 rings (SSSR count). The molecule has 1 fully saturated rings. The topological polar surface area (TPSA) is 66.3 Å². The van der Waals surface area contributed by atoms with Crippen LogP contribution >= 0.6 is 0 Å². The molecule has 1 aliphatic heterocycles. The Hall–Kier alpha value is -1.65. The van der Waals surface area contributed by atoms with Gasteiger partial charge in [-0.1, -0.05) is 13.3 Å². The Morgan fingerprint density at radius 1 is 1.50 bits per heavy atom. The predicted molar refractivity (Wildman–Crippen MR) is 68.6 cm³/mol. The summed E-state index contributed by atoms with van der Waals surface area (Å²) in [5, 5.41) is 9.34. The summed E-state index contributed by atoms with van der Waals surface area (Å²) in [5.41, 5.74) is 0.981. The third kappa shape index (κ3) is 2.60. The first-order chi connectivity index (χ1) is 8.61. The molecule has 0 aliphatic carbocycles. The zero-order chi connectivity index (χ0) is 13.1. The smallest absolute Gasteiger partial charge is 0.326 e. The Bertz CT molecular complexity index is 419. The fraction of sp³-hybridized carbons (Fsp3) is 0.615. The molecule has 0 saturated carbocycles. The molecule has 18 heavy (non-hydrogen) atoms. The van der Waals surface area contributed by atoms with Crippen LogP contribution in [0.3, 0.4) is 0 Å². The standard InChI is InChI=1S/C13H19N3O2/c1-3-10-4-5-16(11(6-10)12(17)18)13-14-7-9(2)8-15-13/h7-8,10-11H,3-6H2,1-2H3,(H,17,18). The fourth-order valence-electron chi connectivity index (χ4n) is 2.42. The van der Waals surface area contributed by atoms with Gasteiger partial charge in [-0.3, -0.25) is 0 Å². The lowest BCUT2D eigenvalue weighted by Gasteiger charge is -2.36.